The molecule has 1 saturated carbocycles. The van der Waals surface area contributed by atoms with Crippen molar-refractivity contribution in [1.29, 1.82) is 0 Å². The molecule has 0 spiro atoms. The number of piperidine rings is 1. The van der Waals surface area contributed by atoms with Crippen LogP contribution < -0.4 is 5.32 Å². The highest BCUT2D eigenvalue weighted by Crippen LogP contribution is 2.28. The lowest BCUT2D eigenvalue weighted by molar-refractivity contribution is -0.121. The van der Waals surface area contributed by atoms with Gasteiger partial charge in [-0.05, 0) is 38.1 Å². The molecule has 0 bridgehead atoms. The van der Waals surface area contributed by atoms with Crippen LogP contribution >= 0.6 is 0 Å². The van der Waals surface area contributed by atoms with E-state index in [2.05, 4.69) is 10.2 Å². The molecular formula is C17H32N2O2. The molecule has 0 unspecified atom stereocenters. The lowest BCUT2D eigenvalue weighted by Crippen LogP contribution is -2.43. The number of hydrogen-bond acceptors (Lipinski definition) is 3. The maximum Gasteiger partial charge on any atom is 0.220 e. The van der Waals surface area contributed by atoms with Crippen LogP contribution in [-0.2, 0) is 4.79 Å². The van der Waals surface area contributed by atoms with Crippen LogP contribution in [0, 0.1) is 5.92 Å². The Hall–Kier alpha value is -0.610. The van der Waals surface area contributed by atoms with Crippen molar-refractivity contribution in [3.63, 3.8) is 0 Å². The largest absolute Gasteiger partial charge is 0.395 e. The van der Waals surface area contributed by atoms with E-state index in [1.165, 1.54) is 38.5 Å². The van der Waals surface area contributed by atoms with E-state index in [4.69, 9.17) is 0 Å². The van der Waals surface area contributed by atoms with Crippen LogP contribution in [0.15, 0.2) is 0 Å². The fourth-order valence-corrected chi connectivity index (χ4v) is 3.79. The van der Waals surface area contributed by atoms with Crippen LogP contribution in [0.4, 0.5) is 0 Å². The Morgan fingerprint density at radius 3 is 2.67 bits per heavy atom. The minimum Gasteiger partial charge on any atom is -0.395 e. The van der Waals surface area contributed by atoms with Gasteiger partial charge in [-0.15, -0.1) is 0 Å². The quantitative estimate of drug-likeness (QED) is 0.676. The third-order valence-corrected chi connectivity index (χ3v) is 5.16. The first kappa shape index (κ1) is 16.8. The summed E-state index contributed by atoms with van der Waals surface area (Å²) in [6.07, 6.45) is 11.7. The Morgan fingerprint density at radius 2 is 1.90 bits per heavy atom. The molecule has 2 fully saturated rings. The molecule has 4 heteroatoms. The molecule has 4 nitrogen and oxygen atoms in total. The van der Waals surface area contributed by atoms with E-state index in [1.807, 2.05) is 0 Å². The van der Waals surface area contributed by atoms with Crippen molar-refractivity contribution in [3.8, 4) is 0 Å². The Balaban J connectivity index is 1.51. The van der Waals surface area contributed by atoms with Crippen LogP contribution in [0.5, 0.6) is 0 Å². The predicted molar refractivity (Wildman–Crippen MR) is 85.1 cm³/mol. The van der Waals surface area contributed by atoms with Crippen molar-refractivity contribution in [3.05, 3.63) is 0 Å². The Kier molecular flexibility index (Phi) is 7.51. The zero-order valence-electron chi connectivity index (χ0n) is 13.4. The van der Waals surface area contributed by atoms with Gasteiger partial charge < -0.3 is 10.4 Å². The Morgan fingerprint density at radius 1 is 1.14 bits per heavy atom. The van der Waals surface area contributed by atoms with Gasteiger partial charge in [-0.3, -0.25) is 9.69 Å². The number of hydrogen-bond donors (Lipinski definition) is 2. The third-order valence-electron chi connectivity index (χ3n) is 5.16. The van der Waals surface area contributed by atoms with Gasteiger partial charge in [0.1, 0.15) is 0 Å². The van der Waals surface area contributed by atoms with E-state index < -0.39 is 0 Å². The molecule has 1 amide bonds. The second-order valence-corrected chi connectivity index (χ2v) is 6.76. The summed E-state index contributed by atoms with van der Waals surface area (Å²) in [7, 11) is 0. The summed E-state index contributed by atoms with van der Waals surface area (Å²) >= 11 is 0. The molecule has 2 aliphatic rings. The Labute approximate surface area is 129 Å². The van der Waals surface area contributed by atoms with Gasteiger partial charge in [0.15, 0.2) is 0 Å². The number of amides is 1. The predicted octanol–water partition coefficient (Wildman–Crippen LogP) is 2.31. The normalized spacial score (nSPS) is 24.3. The minimum absolute atomic E-state index is 0.222. The first-order valence-corrected chi connectivity index (χ1v) is 8.91. The molecule has 1 heterocycles. The van der Waals surface area contributed by atoms with Gasteiger partial charge in [0, 0.05) is 25.6 Å². The summed E-state index contributed by atoms with van der Waals surface area (Å²) in [4.78, 5) is 14.2. The number of aliphatic hydroxyl groups excluding tert-OH is 1. The van der Waals surface area contributed by atoms with Crippen molar-refractivity contribution in [2.75, 3.05) is 26.2 Å². The lowest BCUT2D eigenvalue weighted by atomic mass is 10.0. The molecule has 1 aliphatic heterocycles. The second kappa shape index (κ2) is 9.42. The molecule has 0 aromatic rings. The monoisotopic (exact) mass is 296 g/mol. The van der Waals surface area contributed by atoms with E-state index in [0.29, 0.717) is 12.5 Å². The summed E-state index contributed by atoms with van der Waals surface area (Å²) in [6.45, 7) is 3.14. The van der Waals surface area contributed by atoms with Crippen molar-refractivity contribution in [1.82, 2.24) is 10.2 Å². The topological polar surface area (TPSA) is 52.6 Å². The average molecular weight is 296 g/mol. The summed E-state index contributed by atoms with van der Waals surface area (Å²) in [5.74, 6) is 1.02. The molecule has 0 aromatic heterocycles. The summed E-state index contributed by atoms with van der Waals surface area (Å²) in [5, 5.41) is 12.4. The average Bonchev–Trinajstić information content (AvgIpc) is 3.03. The molecule has 1 aliphatic carbocycles. The van der Waals surface area contributed by atoms with Gasteiger partial charge in [0.2, 0.25) is 5.91 Å². The van der Waals surface area contributed by atoms with Gasteiger partial charge >= 0.3 is 0 Å². The summed E-state index contributed by atoms with van der Waals surface area (Å²) in [6, 6.07) is 0.344. The Bertz CT molecular complexity index is 303. The maximum atomic E-state index is 11.8. The third kappa shape index (κ3) is 5.95. The highest BCUT2D eigenvalue weighted by molar-refractivity contribution is 5.75. The molecule has 1 atom stereocenters. The maximum absolute atomic E-state index is 11.8. The fraction of sp³-hybridized carbons (Fsp3) is 0.941. The molecule has 122 valence electrons. The lowest BCUT2D eigenvalue weighted by Gasteiger charge is -2.34. The molecule has 1 saturated heterocycles. The highest BCUT2D eigenvalue weighted by atomic mass is 16.3. The fourth-order valence-electron chi connectivity index (χ4n) is 3.79. The zero-order valence-corrected chi connectivity index (χ0v) is 13.4. The molecule has 21 heavy (non-hydrogen) atoms. The number of nitrogens with zero attached hydrogens (tertiary/aromatic N) is 1. The van der Waals surface area contributed by atoms with Gasteiger partial charge in [-0.2, -0.15) is 0 Å². The van der Waals surface area contributed by atoms with Gasteiger partial charge in [0.25, 0.3) is 0 Å². The SMILES string of the molecule is O=C(CCC1CCCC1)NCCCN1CCCC[C@H]1CO. The van der Waals surface area contributed by atoms with Gasteiger partial charge in [-0.1, -0.05) is 32.1 Å². The number of carbonyl (C=O) groups excluding carboxylic acids is 1. The van der Waals surface area contributed by atoms with E-state index in [9.17, 15) is 9.90 Å². The standard InChI is InChI=1S/C17H32N2O2/c20-14-16-8-3-4-12-19(16)13-5-11-18-17(21)10-9-15-6-1-2-7-15/h15-16,20H,1-14H2,(H,18,21)/t16-/m0/s1. The number of rotatable bonds is 8. The first-order chi connectivity index (χ1) is 10.3. The van der Waals surface area contributed by atoms with Crippen molar-refractivity contribution in [2.45, 2.75) is 70.3 Å². The number of aliphatic hydroxyl groups is 1. The molecule has 0 radical (unpaired) electrons. The molecule has 2 N–H and O–H groups in total. The van der Waals surface area contributed by atoms with Crippen LogP contribution in [-0.4, -0.2) is 48.2 Å². The zero-order chi connectivity index (χ0) is 14.9. The molecular weight excluding hydrogens is 264 g/mol. The molecule has 2 rings (SSSR count). The van der Waals surface area contributed by atoms with Crippen LogP contribution in [0.1, 0.15) is 64.2 Å². The van der Waals surface area contributed by atoms with Gasteiger partial charge in [0.05, 0.1) is 6.61 Å². The number of nitrogens with one attached hydrogen (secondary N) is 1. The minimum atomic E-state index is 0.222. The van der Waals surface area contributed by atoms with Crippen LogP contribution in [0.25, 0.3) is 0 Å². The van der Waals surface area contributed by atoms with Crippen molar-refractivity contribution >= 4 is 5.91 Å². The molecule has 0 aromatic carbocycles. The van der Waals surface area contributed by atoms with Gasteiger partial charge in [-0.25, -0.2) is 0 Å². The summed E-state index contributed by atoms with van der Waals surface area (Å²) in [5.41, 5.74) is 0. The van der Waals surface area contributed by atoms with E-state index in [-0.39, 0.29) is 12.5 Å². The highest BCUT2D eigenvalue weighted by Gasteiger charge is 2.21. The van der Waals surface area contributed by atoms with Crippen LogP contribution in [0.2, 0.25) is 0 Å². The van der Waals surface area contributed by atoms with Crippen molar-refractivity contribution < 1.29 is 9.90 Å². The van der Waals surface area contributed by atoms with E-state index >= 15 is 0 Å². The smallest absolute Gasteiger partial charge is 0.220 e. The van der Waals surface area contributed by atoms with Crippen LogP contribution in [0.3, 0.4) is 0 Å². The second-order valence-electron chi connectivity index (χ2n) is 6.76. The van der Waals surface area contributed by atoms with E-state index in [1.54, 1.807) is 0 Å². The first-order valence-electron chi connectivity index (χ1n) is 8.91. The number of carbonyl (C=O) groups is 1. The van der Waals surface area contributed by atoms with E-state index in [0.717, 1.165) is 44.8 Å². The number of likely N-dealkylation sites (tertiary alicyclic amines) is 1. The van der Waals surface area contributed by atoms with Crippen molar-refractivity contribution in [2.24, 2.45) is 5.92 Å². The summed E-state index contributed by atoms with van der Waals surface area (Å²) < 4.78 is 0.